The van der Waals surface area contributed by atoms with Crippen LogP contribution in [0, 0.1) is 5.41 Å². The molecule has 0 saturated heterocycles. The van der Waals surface area contributed by atoms with Gasteiger partial charge in [-0.25, -0.2) is 0 Å². The Balaban J connectivity index is 1.91. The van der Waals surface area contributed by atoms with Crippen LogP contribution in [0.3, 0.4) is 0 Å². The molecule has 4 heteroatoms. The highest BCUT2D eigenvalue weighted by Crippen LogP contribution is 2.55. The standard InChI is InChI=1S/C11H20N2O2/c1-15-7-6-13-9(14)10-2-4-11(12,8-10)5-3-10/h2-8,12H2,1H3,(H,13,14). The molecule has 86 valence electrons. The fourth-order valence-electron chi connectivity index (χ4n) is 3.02. The maximum atomic E-state index is 12.0. The van der Waals surface area contributed by atoms with E-state index in [-0.39, 0.29) is 16.9 Å². The quantitative estimate of drug-likeness (QED) is 0.663. The number of nitrogens with one attached hydrogen (secondary N) is 1. The number of carbonyl (C=O) groups is 1. The number of ether oxygens (including phenoxy) is 1. The SMILES string of the molecule is COCCNC(=O)C12CCC(N)(CC1)C2. The zero-order valence-electron chi connectivity index (χ0n) is 9.34. The number of methoxy groups -OCH3 is 1. The van der Waals surface area contributed by atoms with Gasteiger partial charge in [0.1, 0.15) is 0 Å². The lowest BCUT2D eigenvalue weighted by Gasteiger charge is -2.25. The van der Waals surface area contributed by atoms with E-state index in [4.69, 9.17) is 10.5 Å². The molecule has 0 aromatic heterocycles. The van der Waals surface area contributed by atoms with Crippen molar-refractivity contribution < 1.29 is 9.53 Å². The second-order valence-electron chi connectivity index (χ2n) is 5.07. The van der Waals surface area contributed by atoms with Crippen molar-refractivity contribution in [3.8, 4) is 0 Å². The fraction of sp³-hybridized carbons (Fsp3) is 0.909. The molecule has 2 aliphatic carbocycles. The van der Waals surface area contributed by atoms with Crippen molar-refractivity contribution in [2.45, 2.75) is 37.6 Å². The van der Waals surface area contributed by atoms with E-state index in [1.165, 1.54) is 0 Å². The number of hydrogen-bond donors (Lipinski definition) is 2. The molecule has 3 N–H and O–H groups in total. The molecule has 0 heterocycles. The molecule has 2 fully saturated rings. The summed E-state index contributed by atoms with van der Waals surface area (Å²) in [4.78, 5) is 12.0. The zero-order chi connectivity index (χ0) is 10.9. The maximum absolute atomic E-state index is 12.0. The molecule has 2 bridgehead atoms. The molecular weight excluding hydrogens is 192 g/mol. The van der Waals surface area contributed by atoms with Crippen molar-refractivity contribution >= 4 is 5.91 Å². The van der Waals surface area contributed by atoms with Crippen molar-refractivity contribution in [3.05, 3.63) is 0 Å². The summed E-state index contributed by atoms with van der Waals surface area (Å²) in [5.41, 5.74) is 5.98. The first-order chi connectivity index (χ1) is 7.10. The Morgan fingerprint density at radius 1 is 1.40 bits per heavy atom. The van der Waals surface area contributed by atoms with Crippen molar-refractivity contribution in [2.24, 2.45) is 11.1 Å². The molecule has 2 aliphatic rings. The topological polar surface area (TPSA) is 64.3 Å². The van der Waals surface area contributed by atoms with Gasteiger partial charge in [-0.05, 0) is 32.1 Å². The predicted molar refractivity (Wildman–Crippen MR) is 57.3 cm³/mol. The van der Waals surface area contributed by atoms with Crippen molar-refractivity contribution in [1.29, 1.82) is 0 Å². The summed E-state index contributed by atoms with van der Waals surface area (Å²) < 4.78 is 4.91. The van der Waals surface area contributed by atoms with Gasteiger partial charge in [0.15, 0.2) is 0 Å². The number of carbonyl (C=O) groups excluding carboxylic acids is 1. The van der Waals surface area contributed by atoms with Crippen LogP contribution in [0.15, 0.2) is 0 Å². The molecule has 0 atom stereocenters. The number of nitrogens with two attached hydrogens (primary N) is 1. The zero-order valence-corrected chi connectivity index (χ0v) is 9.34. The van der Waals surface area contributed by atoms with Gasteiger partial charge in [-0.3, -0.25) is 4.79 Å². The smallest absolute Gasteiger partial charge is 0.226 e. The van der Waals surface area contributed by atoms with E-state index >= 15 is 0 Å². The van der Waals surface area contributed by atoms with Gasteiger partial charge < -0.3 is 15.8 Å². The summed E-state index contributed by atoms with van der Waals surface area (Å²) in [5, 5.41) is 2.94. The van der Waals surface area contributed by atoms with E-state index in [1.54, 1.807) is 7.11 Å². The predicted octanol–water partition coefficient (Wildman–Crippen LogP) is 0.411. The minimum Gasteiger partial charge on any atom is -0.383 e. The van der Waals surface area contributed by atoms with Crippen LogP contribution in [0.25, 0.3) is 0 Å². The van der Waals surface area contributed by atoms with Gasteiger partial charge in [-0.15, -0.1) is 0 Å². The highest BCUT2D eigenvalue weighted by Gasteiger charge is 2.56. The first-order valence-electron chi connectivity index (χ1n) is 5.66. The van der Waals surface area contributed by atoms with Gasteiger partial charge in [0.05, 0.1) is 12.0 Å². The third-order valence-electron chi connectivity index (χ3n) is 3.97. The summed E-state index contributed by atoms with van der Waals surface area (Å²) >= 11 is 0. The Kier molecular flexibility index (Phi) is 2.73. The molecule has 4 nitrogen and oxygen atoms in total. The second kappa shape index (κ2) is 3.76. The van der Waals surface area contributed by atoms with Crippen LogP contribution in [0.2, 0.25) is 0 Å². The van der Waals surface area contributed by atoms with Gasteiger partial charge in [-0.2, -0.15) is 0 Å². The Hall–Kier alpha value is -0.610. The molecule has 0 aliphatic heterocycles. The van der Waals surface area contributed by atoms with Crippen LogP contribution in [-0.4, -0.2) is 31.7 Å². The summed E-state index contributed by atoms with van der Waals surface area (Å²) in [7, 11) is 1.64. The van der Waals surface area contributed by atoms with Crippen LogP contribution in [0.4, 0.5) is 0 Å². The fourth-order valence-corrected chi connectivity index (χ4v) is 3.02. The van der Waals surface area contributed by atoms with Crippen LogP contribution in [-0.2, 0) is 9.53 Å². The van der Waals surface area contributed by atoms with E-state index in [9.17, 15) is 4.79 Å². The Morgan fingerprint density at radius 3 is 2.53 bits per heavy atom. The van der Waals surface area contributed by atoms with Crippen LogP contribution < -0.4 is 11.1 Å². The van der Waals surface area contributed by atoms with Crippen molar-refractivity contribution in [2.75, 3.05) is 20.3 Å². The first-order valence-corrected chi connectivity index (χ1v) is 5.66. The highest BCUT2D eigenvalue weighted by atomic mass is 16.5. The number of hydrogen-bond acceptors (Lipinski definition) is 3. The third kappa shape index (κ3) is 1.88. The molecule has 0 radical (unpaired) electrons. The summed E-state index contributed by atoms with van der Waals surface area (Å²) in [5.74, 6) is 0.185. The molecule has 0 aromatic carbocycles. The van der Waals surface area contributed by atoms with Gasteiger partial charge in [0, 0.05) is 19.2 Å². The third-order valence-corrected chi connectivity index (χ3v) is 3.97. The van der Waals surface area contributed by atoms with Gasteiger partial charge in [-0.1, -0.05) is 0 Å². The maximum Gasteiger partial charge on any atom is 0.226 e. The van der Waals surface area contributed by atoms with E-state index in [0.29, 0.717) is 13.2 Å². The van der Waals surface area contributed by atoms with Crippen molar-refractivity contribution in [1.82, 2.24) is 5.32 Å². The highest BCUT2D eigenvalue weighted by molar-refractivity contribution is 5.83. The molecule has 0 unspecified atom stereocenters. The van der Waals surface area contributed by atoms with Crippen LogP contribution in [0.1, 0.15) is 32.1 Å². The molecular formula is C11H20N2O2. The normalized spacial score (nSPS) is 38.3. The summed E-state index contributed by atoms with van der Waals surface area (Å²) in [6.07, 6.45) is 4.80. The lowest BCUT2D eigenvalue weighted by atomic mass is 9.83. The molecule has 15 heavy (non-hydrogen) atoms. The van der Waals surface area contributed by atoms with E-state index in [2.05, 4.69) is 5.32 Å². The molecule has 0 aromatic rings. The van der Waals surface area contributed by atoms with E-state index < -0.39 is 0 Å². The van der Waals surface area contributed by atoms with Gasteiger partial charge in [0.2, 0.25) is 5.91 Å². The molecule has 2 rings (SSSR count). The Morgan fingerprint density at radius 2 is 2.07 bits per heavy atom. The number of rotatable bonds is 4. The summed E-state index contributed by atoms with van der Waals surface area (Å²) in [6, 6.07) is 0. The molecule has 2 saturated carbocycles. The average molecular weight is 212 g/mol. The molecule has 1 amide bonds. The van der Waals surface area contributed by atoms with Gasteiger partial charge in [0.25, 0.3) is 0 Å². The largest absolute Gasteiger partial charge is 0.383 e. The lowest BCUT2D eigenvalue weighted by molar-refractivity contribution is -0.130. The summed E-state index contributed by atoms with van der Waals surface area (Å²) in [6.45, 7) is 1.18. The second-order valence-corrected chi connectivity index (χ2v) is 5.07. The first kappa shape index (κ1) is 10.9. The Bertz CT molecular complexity index is 257. The van der Waals surface area contributed by atoms with Crippen LogP contribution in [0.5, 0.6) is 0 Å². The lowest BCUT2D eigenvalue weighted by Crippen LogP contribution is -2.39. The van der Waals surface area contributed by atoms with Gasteiger partial charge >= 0.3 is 0 Å². The van der Waals surface area contributed by atoms with Crippen molar-refractivity contribution in [3.63, 3.8) is 0 Å². The monoisotopic (exact) mass is 212 g/mol. The van der Waals surface area contributed by atoms with E-state index in [1.807, 2.05) is 0 Å². The average Bonchev–Trinajstić information content (AvgIpc) is 2.73. The number of fused-ring (bicyclic) bond motifs is 2. The minimum atomic E-state index is -0.150. The Labute approximate surface area is 90.5 Å². The minimum absolute atomic E-state index is 0.0431. The molecule has 0 spiro atoms. The van der Waals surface area contributed by atoms with E-state index in [0.717, 1.165) is 32.1 Å². The number of amides is 1. The van der Waals surface area contributed by atoms with Crippen LogP contribution >= 0.6 is 0 Å².